The maximum absolute atomic E-state index is 12.3. The van der Waals surface area contributed by atoms with Crippen molar-refractivity contribution < 1.29 is 19.1 Å². The Kier molecular flexibility index (Phi) is 7.23. The van der Waals surface area contributed by atoms with Crippen molar-refractivity contribution in [3.63, 3.8) is 0 Å². The highest BCUT2D eigenvalue weighted by Gasteiger charge is 2.33. The molecule has 0 saturated carbocycles. The number of amides is 1. The van der Waals surface area contributed by atoms with Crippen LogP contribution in [0.3, 0.4) is 0 Å². The minimum Gasteiger partial charge on any atom is -0.464 e. The number of carbonyl (C=O) groups is 2. The topological polar surface area (TPSA) is 55.8 Å². The summed E-state index contributed by atoms with van der Waals surface area (Å²) in [7, 11) is 0. The van der Waals surface area contributed by atoms with Gasteiger partial charge in [-0.15, -0.1) is 11.6 Å². The van der Waals surface area contributed by atoms with Gasteiger partial charge in [0.05, 0.1) is 11.1 Å². The van der Waals surface area contributed by atoms with Crippen LogP contribution in [0.15, 0.2) is 23.6 Å². The first kappa shape index (κ1) is 18.8. The summed E-state index contributed by atoms with van der Waals surface area (Å²) in [6, 6.07) is -0.174. The molecule has 1 heterocycles. The summed E-state index contributed by atoms with van der Waals surface area (Å²) < 4.78 is 10.3. The van der Waals surface area contributed by atoms with E-state index in [2.05, 4.69) is 6.58 Å². The van der Waals surface area contributed by atoms with Gasteiger partial charge in [0.2, 0.25) is 0 Å². The maximum atomic E-state index is 12.3. The van der Waals surface area contributed by atoms with E-state index in [9.17, 15) is 9.59 Å². The van der Waals surface area contributed by atoms with Gasteiger partial charge in [0.15, 0.2) is 6.61 Å². The molecule has 22 heavy (non-hydrogen) atoms. The smallest absolute Gasteiger partial charge is 0.303 e. The molecule has 0 spiro atoms. The van der Waals surface area contributed by atoms with Crippen LogP contribution in [0.1, 0.15) is 27.2 Å². The van der Waals surface area contributed by atoms with Gasteiger partial charge in [0.25, 0.3) is 5.91 Å². The molecule has 124 valence electrons. The maximum Gasteiger partial charge on any atom is 0.303 e. The van der Waals surface area contributed by atoms with Crippen LogP contribution < -0.4 is 0 Å². The van der Waals surface area contributed by atoms with Gasteiger partial charge in [-0.05, 0) is 12.8 Å². The largest absolute Gasteiger partial charge is 0.464 e. The van der Waals surface area contributed by atoms with E-state index >= 15 is 0 Å². The SMILES string of the molecule is C=C1CCN(C(=O)COC(C)=O)[C@@H](C)[C@@H](C)C(Cl)/C(=C/Cl)O1. The zero-order valence-electron chi connectivity index (χ0n) is 13.0. The average Bonchev–Trinajstić information content (AvgIpc) is 2.51. The zero-order chi connectivity index (χ0) is 16.9. The highest BCUT2D eigenvalue weighted by Crippen LogP contribution is 2.30. The minimum absolute atomic E-state index is 0.112. The lowest BCUT2D eigenvalue weighted by atomic mass is 9.96. The van der Waals surface area contributed by atoms with Crippen molar-refractivity contribution in [2.24, 2.45) is 5.92 Å². The van der Waals surface area contributed by atoms with Crippen molar-refractivity contribution in [3.05, 3.63) is 23.6 Å². The highest BCUT2D eigenvalue weighted by atomic mass is 35.5. The normalized spacial score (nSPS) is 28.4. The first-order valence-corrected chi connectivity index (χ1v) is 7.88. The van der Waals surface area contributed by atoms with E-state index in [1.165, 1.54) is 12.5 Å². The summed E-state index contributed by atoms with van der Waals surface area (Å²) in [5.74, 6) is 0.0168. The molecule has 1 amide bonds. The molecule has 1 aliphatic rings. The molecule has 1 unspecified atom stereocenters. The van der Waals surface area contributed by atoms with E-state index < -0.39 is 11.3 Å². The molecular weight excluding hydrogens is 329 g/mol. The Labute approximate surface area is 140 Å². The molecule has 0 N–H and O–H groups in total. The molecule has 7 heteroatoms. The molecule has 0 aromatic carbocycles. The second-order valence-corrected chi connectivity index (χ2v) is 5.96. The lowest BCUT2D eigenvalue weighted by molar-refractivity contribution is -0.151. The number of hydrogen-bond donors (Lipinski definition) is 0. The van der Waals surface area contributed by atoms with Crippen LogP contribution in [0.4, 0.5) is 0 Å². The van der Waals surface area contributed by atoms with Gasteiger partial charge >= 0.3 is 5.97 Å². The predicted octanol–water partition coefficient (Wildman–Crippen LogP) is 3.02. The van der Waals surface area contributed by atoms with Gasteiger partial charge < -0.3 is 14.4 Å². The average molecular weight is 350 g/mol. The fourth-order valence-corrected chi connectivity index (χ4v) is 2.75. The van der Waals surface area contributed by atoms with E-state index in [4.69, 9.17) is 32.7 Å². The fourth-order valence-electron chi connectivity index (χ4n) is 2.19. The Balaban J connectivity index is 2.96. The van der Waals surface area contributed by atoms with Crippen molar-refractivity contribution in [1.29, 1.82) is 0 Å². The molecule has 0 bridgehead atoms. The number of allylic oxidation sites excluding steroid dienone is 1. The number of nitrogens with zero attached hydrogens (tertiary/aromatic N) is 1. The standard InChI is InChI=1S/C15H21Cl2NO4/c1-9-5-6-18(14(20)8-21-12(4)19)11(3)10(2)15(17)13(7-16)22-9/h7,10-11,15H,1,5-6,8H2,2-4H3/b13-7-/t10-,11+,15?/m1/s1. The number of ether oxygens (including phenoxy) is 2. The summed E-state index contributed by atoms with van der Waals surface area (Å²) in [4.78, 5) is 24.8. The molecule has 0 aromatic heterocycles. The van der Waals surface area contributed by atoms with Crippen LogP contribution in [0.25, 0.3) is 0 Å². The Morgan fingerprint density at radius 2 is 2.14 bits per heavy atom. The molecule has 0 aromatic rings. The molecule has 1 rings (SSSR count). The molecule has 1 aliphatic heterocycles. The van der Waals surface area contributed by atoms with Crippen molar-refractivity contribution in [1.82, 2.24) is 4.90 Å². The van der Waals surface area contributed by atoms with Crippen LogP contribution in [-0.4, -0.2) is 41.3 Å². The van der Waals surface area contributed by atoms with Gasteiger partial charge in [0, 0.05) is 31.5 Å². The van der Waals surface area contributed by atoms with E-state index in [1.807, 2.05) is 13.8 Å². The van der Waals surface area contributed by atoms with Crippen molar-refractivity contribution in [2.45, 2.75) is 38.6 Å². The summed E-state index contributed by atoms with van der Waals surface area (Å²) in [6.45, 7) is 8.99. The minimum atomic E-state index is -0.494. The quantitative estimate of drug-likeness (QED) is 0.567. The molecule has 5 nitrogen and oxygen atoms in total. The molecule has 3 atom stereocenters. The lowest BCUT2D eigenvalue weighted by Gasteiger charge is -2.33. The highest BCUT2D eigenvalue weighted by molar-refractivity contribution is 6.27. The van der Waals surface area contributed by atoms with Crippen LogP contribution in [0, 0.1) is 5.92 Å². The molecule has 0 radical (unpaired) electrons. The number of hydrogen-bond acceptors (Lipinski definition) is 4. The van der Waals surface area contributed by atoms with Crippen molar-refractivity contribution in [2.75, 3.05) is 13.2 Å². The summed E-state index contributed by atoms with van der Waals surface area (Å²) in [5, 5.41) is -0.494. The molecule has 1 fully saturated rings. The summed E-state index contributed by atoms with van der Waals surface area (Å²) in [6.07, 6.45) is 0.445. The van der Waals surface area contributed by atoms with E-state index in [1.54, 1.807) is 4.90 Å². The second kappa shape index (κ2) is 8.44. The monoisotopic (exact) mass is 349 g/mol. The third-order valence-corrected chi connectivity index (χ3v) is 4.53. The third kappa shape index (κ3) is 4.92. The Morgan fingerprint density at radius 3 is 2.68 bits per heavy atom. The number of alkyl halides is 1. The lowest BCUT2D eigenvalue weighted by Crippen LogP contribution is -2.46. The first-order chi connectivity index (χ1) is 10.3. The van der Waals surface area contributed by atoms with E-state index in [0.717, 1.165) is 0 Å². The Hall–Kier alpha value is -1.20. The van der Waals surface area contributed by atoms with Gasteiger partial charge in [-0.3, -0.25) is 9.59 Å². The van der Waals surface area contributed by atoms with Crippen molar-refractivity contribution in [3.8, 4) is 0 Å². The van der Waals surface area contributed by atoms with E-state index in [-0.39, 0.29) is 24.5 Å². The second-order valence-electron chi connectivity index (χ2n) is 5.27. The van der Waals surface area contributed by atoms with Crippen molar-refractivity contribution >= 4 is 35.1 Å². The fraction of sp³-hybridized carbons (Fsp3) is 0.600. The van der Waals surface area contributed by atoms with Crippen LogP contribution in [-0.2, 0) is 19.1 Å². The van der Waals surface area contributed by atoms with Gasteiger partial charge in [-0.25, -0.2) is 0 Å². The Morgan fingerprint density at radius 1 is 1.50 bits per heavy atom. The molecule has 0 aliphatic carbocycles. The number of rotatable bonds is 2. The number of carbonyl (C=O) groups excluding carboxylic acids is 2. The van der Waals surface area contributed by atoms with Crippen LogP contribution in [0.5, 0.6) is 0 Å². The van der Waals surface area contributed by atoms with Gasteiger partial charge in [-0.1, -0.05) is 25.1 Å². The predicted molar refractivity (Wildman–Crippen MR) is 85.4 cm³/mol. The van der Waals surface area contributed by atoms with E-state index in [0.29, 0.717) is 24.5 Å². The van der Waals surface area contributed by atoms with Gasteiger partial charge in [0.1, 0.15) is 5.76 Å². The van der Waals surface area contributed by atoms with Gasteiger partial charge in [-0.2, -0.15) is 0 Å². The number of esters is 1. The first-order valence-electron chi connectivity index (χ1n) is 7.00. The zero-order valence-corrected chi connectivity index (χ0v) is 14.5. The molecule has 1 saturated heterocycles. The van der Waals surface area contributed by atoms with Crippen LogP contribution >= 0.6 is 23.2 Å². The molecular formula is C15H21Cl2NO4. The third-order valence-electron chi connectivity index (χ3n) is 3.71. The number of halogens is 2. The van der Waals surface area contributed by atoms with Crippen LogP contribution in [0.2, 0.25) is 0 Å². The Bertz CT molecular complexity index is 478. The summed E-state index contributed by atoms with van der Waals surface area (Å²) >= 11 is 12.2. The summed E-state index contributed by atoms with van der Waals surface area (Å²) in [5.41, 5.74) is 1.29.